The van der Waals surface area contributed by atoms with Crippen LogP contribution in [0.5, 0.6) is 5.75 Å². The first-order valence-corrected chi connectivity index (χ1v) is 20.9. The number of hydrogen-bond donors (Lipinski definition) is 2. The van der Waals surface area contributed by atoms with Gasteiger partial charge in [-0.1, -0.05) is 45.4 Å². The first-order chi connectivity index (χ1) is 28.2. The Balaban J connectivity index is 0.790. The predicted molar refractivity (Wildman–Crippen MR) is 228 cm³/mol. The molecule has 14 heteroatoms. The molecule has 4 aromatic rings. The van der Waals surface area contributed by atoms with Gasteiger partial charge in [0.1, 0.15) is 17.9 Å². The van der Waals surface area contributed by atoms with Crippen LogP contribution in [0.3, 0.4) is 0 Å². The van der Waals surface area contributed by atoms with Crippen LogP contribution in [0.1, 0.15) is 69.8 Å². The quantitative estimate of drug-likeness (QED) is 0.141. The number of hydrogen-bond acceptors (Lipinski definition) is 9. The van der Waals surface area contributed by atoms with Gasteiger partial charge in [-0.25, -0.2) is 9.53 Å². The largest absolute Gasteiger partial charge is 0.489 e. The Kier molecular flexibility index (Phi) is 10.9. The molecule has 1 saturated carbocycles. The molecule has 308 valence electrons. The molecule has 0 radical (unpaired) electrons. The van der Waals surface area contributed by atoms with Crippen molar-refractivity contribution in [3.05, 3.63) is 99.2 Å². The van der Waals surface area contributed by atoms with E-state index in [0.29, 0.717) is 33.3 Å². The van der Waals surface area contributed by atoms with Crippen molar-refractivity contribution in [1.82, 2.24) is 25.3 Å². The molecule has 59 heavy (non-hydrogen) atoms. The number of nitrogens with zero attached hydrogens (tertiary/aromatic N) is 6. The van der Waals surface area contributed by atoms with Gasteiger partial charge in [-0.3, -0.25) is 29.4 Å². The van der Waals surface area contributed by atoms with Crippen molar-refractivity contribution in [3.8, 4) is 5.75 Å². The fourth-order valence-corrected chi connectivity index (χ4v) is 10.2. The molecule has 3 aromatic carbocycles. The number of ether oxygens (including phenoxy) is 1. The number of amides is 3. The molecule has 4 aliphatic rings. The number of anilines is 2. The summed E-state index contributed by atoms with van der Waals surface area (Å²) in [5.41, 5.74) is 2.21. The van der Waals surface area contributed by atoms with Crippen LogP contribution in [0.25, 0.3) is 15.6 Å². The lowest BCUT2D eigenvalue weighted by Gasteiger charge is -2.63. The van der Waals surface area contributed by atoms with Gasteiger partial charge in [0.25, 0.3) is 17.4 Å². The number of halogens is 1. The molecule has 4 fully saturated rings. The molecule has 1 aliphatic carbocycles. The van der Waals surface area contributed by atoms with Gasteiger partial charge in [0.05, 0.1) is 23.2 Å². The van der Waals surface area contributed by atoms with E-state index in [1.807, 2.05) is 30.3 Å². The third kappa shape index (κ3) is 7.88. The van der Waals surface area contributed by atoms with Crippen LogP contribution >= 0.6 is 11.6 Å². The molecule has 2 N–H and O–H groups in total. The molecule has 13 nitrogen and oxygen atoms in total. The number of carbonyl (C=O) groups excluding carboxylic acids is 3. The smallest absolute Gasteiger partial charge is 0.275 e. The van der Waals surface area contributed by atoms with Gasteiger partial charge in [-0.15, -0.1) is 0 Å². The summed E-state index contributed by atoms with van der Waals surface area (Å²) in [5.74, 6) is 0.306. The van der Waals surface area contributed by atoms with Crippen molar-refractivity contribution in [2.75, 3.05) is 55.6 Å². The number of carbonyl (C=O) groups is 3. The molecular formula is C45H51ClN8O5. The van der Waals surface area contributed by atoms with Gasteiger partial charge < -0.3 is 19.9 Å². The highest BCUT2D eigenvalue weighted by molar-refractivity contribution is 6.33. The Hall–Kier alpha value is -5.45. The van der Waals surface area contributed by atoms with Crippen molar-refractivity contribution in [2.24, 2.45) is 16.7 Å². The third-order valence-electron chi connectivity index (χ3n) is 13.1. The predicted octanol–water partition coefficient (Wildman–Crippen LogP) is 6.23. The summed E-state index contributed by atoms with van der Waals surface area (Å²) in [4.78, 5) is 61.4. The van der Waals surface area contributed by atoms with Crippen molar-refractivity contribution in [2.45, 2.75) is 71.6 Å². The lowest BCUT2D eigenvalue weighted by Crippen LogP contribution is -2.74. The summed E-state index contributed by atoms with van der Waals surface area (Å²) >= 11 is 6.27. The molecule has 3 aliphatic heterocycles. The molecule has 8 rings (SSSR count). The zero-order valence-corrected chi connectivity index (χ0v) is 34.8. The maximum Gasteiger partial charge on any atom is 0.275 e. The molecule has 1 aromatic heterocycles. The van der Waals surface area contributed by atoms with Crippen molar-refractivity contribution < 1.29 is 19.1 Å². The minimum Gasteiger partial charge on any atom is -0.489 e. The second kappa shape index (κ2) is 16.0. The Morgan fingerprint density at radius 2 is 1.66 bits per heavy atom. The number of nitrogens with one attached hydrogen (secondary N) is 2. The van der Waals surface area contributed by atoms with Crippen LogP contribution in [0.4, 0.5) is 17.1 Å². The average molecular weight is 819 g/mol. The summed E-state index contributed by atoms with van der Waals surface area (Å²) in [6, 6.07) is 18.0. The zero-order valence-electron chi connectivity index (χ0n) is 34.0. The average Bonchev–Trinajstić information content (AvgIpc) is 3.71. The number of rotatable bonds is 10. The van der Waals surface area contributed by atoms with Crippen LogP contribution in [0, 0.1) is 23.3 Å². The topological polar surface area (TPSA) is 133 Å². The van der Waals surface area contributed by atoms with E-state index < -0.39 is 11.9 Å². The summed E-state index contributed by atoms with van der Waals surface area (Å²) < 4.78 is 7.60. The lowest BCUT2D eigenvalue weighted by atomic mass is 9.49. The Labute approximate surface area is 349 Å². The second-order valence-electron chi connectivity index (χ2n) is 17.7. The number of imide groups is 1. The van der Waals surface area contributed by atoms with Gasteiger partial charge in [0.15, 0.2) is 0 Å². The molecule has 3 amide bonds. The van der Waals surface area contributed by atoms with E-state index in [1.54, 1.807) is 24.4 Å². The van der Waals surface area contributed by atoms with E-state index in [-0.39, 0.29) is 53.2 Å². The number of piperazine rings is 1. The van der Waals surface area contributed by atoms with Gasteiger partial charge in [-0.05, 0) is 86.3 Å². The van der Waals surface area contributed by atoms with Crippen LogP contribution < -0.4 is 30.7 Å². The molecule has 3 saturated heterocycles. The minimum atomic E-state index is -0.781. The molecular weight excluding hydrogens is 768 g/mol. The number of fused-ring (bicyclic) bond motifs is 1. The maximum atomic E-state index is 13.5. The Morgan fingerprint density at radius 1 is 0.932 bits per heavy atom. The Morgan fingerprint density at radius 3 is 2.36 bits per heavy atom. The van der Waals surface area contributed by atoms with Gasteiger partial charge in [-0.2, -0.15) is 5.10 Å². The monoisotopic (exact) mass is 818 g/mol. The second-order valence-corrected chi connectivity index (χ2v) is 18.1. The number of benzene rings is 3. The highest BCUT2D eigenvalue weighted by Gasteiger charge is 2.64. The van der Waals surface area contributed by atoms with Gasteiger partial charge in [0, 0.05) is 84.9 Å². The van der Waals surface area contributed by atoms with E-state index in [0.717, 1.165) is 75.4 Å². The van der Waals surface area contributed by atoms with Gasteiger partial charge >= 0.3 is 0 Å². The van der Waals surface area contributed by atoms with Crippen LogP contribution in [0.15, 0.2) is 71.7 Å². The lowest BCUT2D eigenvalue weighted by molar-refractivity contribution is -0.164. The molecule has 2 atom stereocenters. The number of aromatic nitrogens is 2. The minimum absolute atomic E-state index is 0.0982. The summed E-state index contributed by atoms with van der Waals surface area (Å²) in [6.07, 6.45) is 4.19. The SMILES string of the molecule is [C-]#[N+]c1ccc(OC2C(C)(C)C(NC(=O)c3ccc(N4CCC(CCN5CCN(c6ccc7c(=O)n([C@H]8CCC(=O)NC8=O)ncc7c6)CC5)C4)cc3)C2(C)C)cc1Cl. The summed E-state index contributed by atoms with van der Waals surface area (Å²) in [5, 5.41) is 11.5. The summed E-state index contributed by atoms with van der Waals surface area (Å²) in [7, 11) is 0. The normalized spacial score (nSPS) is 24.0. The summed E-state index contributed by atoms with van der Waals surface area (Å²) in [6.45, 7) is 22.4. The molecule has 1 unspecified atom stereocenters. The van der Waals surface area contributed by atoms with E-state index in [2.05, 4.69) is 75.1 Å². The van der Waals surface area contributed by atoms with Crippen molar-refractivity contribution in [1.29, 1.82) is 0 Å². The van der Waals surface area contributed by atoms with Crippen LogP contribution in [-0.4, -0.2) is 90.4 Å². The molecule has 0 spiro atoms. The zero-order chi connectivity index (χ0) is 41.6. The highest BCUT2D eigenvalue weighted by atomic mass is 35.5. The van der Waals surface area contributed by atoms with Crippen LogP contribution in [-0.2, 0) is 9.59 Å². The van der Waals surface area contributed by atoms with E-state index >= 15 is 0 Å². The standard InChI is InChI=1S/C45H51ClN8O5/c1-44(2)42(45(3,4)43(44)59-33-11-13-36(47-5)35(46)25-33)50-39(56)29-6-8-31(9-7-29)53-19-17-28(27-53)16-18-51-20-22-52(23-21-51)32-10-12-34-30(24-32)26-48-54(41(34)58)37-14-15-38(55)49-40(37)57/h6-13,24-26,28,37,42-43H,14-23,27H2,1-4H3,(H,50,56)(H,49,55,57)/t28?,37-,42?,43?/m0/s1. The van der Waals surface area contributed by atoms with Crippen molar-refractivity contribution >= 4 is 57.2 Å². The maximum absolute atomic E-state index is 13.5. The third-order valence-corrected chi connectivity index (χ3v) is 13.4. The van der Waals surface area contributed by atoms with Gasteiger partial charge in [0.2, 0.25) is 11.6 Å². The Bertz CT molecular complexity index is 2370. The van der Waals surface area contributed by atoms with Crippen molar-refractivity contribution in [3.63, 3.8) is 0 Å². The fraction of sp³-hybridized carbons (Fsp3) is 0.467. The van der Waals surface area contributed by atoms with E-state index in [4.69, 9.17) is 22.9 Å². The van der Waals surface area contributed by atoms with E-state index in [9.17, 15) is 19.2 Å². The first-order valence-electron chi connectivity index (χ1n) is 20.5. The first kappa shape index (κ1) is 40.3. The fourth-order valence-electron chi connectivity index (χ4n) is 10.0. The molecule has 0 bridgehead atoms. The number of piperidine rings is 1. The molecule has 4 heterocycles. The van der Waals surface area contributed by atoms with Crippen LogP contribution in [0.2, 0.25) is 5.02 Å². The van der Waals surface area contributed by atoms with E-state index in [1.165, 1.54) is 4.68 Å². The highest BCUT2D eigenvalue weighted by Crippen LogP contribution is 2.55.